The minimum absolute atomic E-state index is 0.000505. The fourth-order valence-electron chi connectivity index (χ4n) is 3.96. The van der Waals surface area contributed by atoms with Crippen LogP contribution in [0.3, 0.4) is 0 Å². The summed E-state index contributed by atoms with van der Waals surface area (Å²) in [5, 5.41) is 5.32. The molecule has 0 bridgehead atoms. The maximum atomic E-state index is 14.8. The van der Waals surface area contributed by atoms with E-state index in [0.717, 1.165) is 40.9 Å². The van der Waals surface area contributed by atoms with Crippen molar-refractivity contribution < 1.29 is 9.18 Å². The highest BCUT2D eigenvalue weighted by molar-refractivity contribution is 8.00. The molecule has 1 saturated heterocycles. The van der Waals surface area contributed by atoms with Crippen molar-refractivity contribution in [1.29, 1.82) is 0 Å². The maximum Gasteiger partial charge on any atom is 0.258 e. The number of carbonyl (C=O) groups is 1. The zero-order valence-electron chi connectivity index (χ0n) is 21.1. The van der Waals surface area contributed by atoms with Crippen LogP contribution in [0.1, 0.15) is 49.9 Å². The highest BCUT2D eigenvalue weighted by Crippen LogP contribution is 2.34. The summed E-state index contributed by atoms with van der Waals surface area (Å²) in [6.45, 7) is 5.24. The fraction of sp³-hybridized carbons (Fsp3) is 0.267. The molecule has 1 aliphatic heterocycles. The van der Waals surface area contributed by atoms with E-state index in [-0.39, 0.29) is 5.56 Å². The Bertz CT molecular complexity index is 1370. The summed E-state index contributed by atoms with van der Waals surface area (Å²) in [5.41, 5.74) is 2.72. The summed E-state index contributed by atoms with van der Waals surface area (Å²) >= 11 is 8.17. The number of unbranched alkanes of at least 4 members (excludes halogenated alkanes) is 1. The summed E-state index contributed by atoms with van der Waals surface area (Å²) in [6.07, 6.45) is 6.62. The molecule has 1 aliphatic rings. The topological polar surface area (TPSA) is 45.2 Å². The van der Waals surface area contributed by atoms with Crippen LogP contribution in [0.25, 0.3) is 22.0 Å². The molecule has 37 heavy (non-hydrogen) atoms. The number of hydrogen-bond donors (Lipinski definition) is 1. The Hall–Kier alpha value is -3.09. The summed E-state index contributed by atoms with van der Waals surface area (Å²) in [5.74, 6) is -0.0283. The fourth-order valence-corrected chi connectivity index (χ4v) is 5.24. The predicted octanol–water partition coefficient (Wildman–Crippen LogP) is 9.00. The van der Waals surface area contributed by atoms with Gasteiger partial charge in [0.2, 0.25) is 0 Å². The molecule has 0 aliphatic carbocycles. The van der Waals surface area contributed by atoms with E-state index in [1.807, 2.05) is 30.3 Å². The van der Waals surface area contributed by atoms with Crippen molar-refractivity contribution in [3.8, 4) is 11.3 Å². The lowest BCUT2D eigenvalue weighted by Crippen LogP contribution is -2.21. The van der Waals surface area contributed by atoms with Crippen molar-refractivity contribution in [1.82, 2.24) is 4.98 Å². The van der Waals surface area contributed by atoms with Crippen LogP contribution in [0.2, 0.25) is 5.02 Å². The molecule has 0 unspecified atom stereocenters. The SMILES string of the molecule is CCCC.O=C(Nc1ccc(Cl)c(-c2nccc3ccccc23)c1)c1ccc(N2CCCCS2)cc1F. The molecule has 1 aromatic heterocycles. The van der Waals surface area contributed by atoms with E-state index in [9.17, 15) is 9.18 Å². The highest BCUT2D eigenvalue weighted by atomic mass is 35.5. The van der Waals surface area contributed by atoms with Gasteiger partial charge >= 0.3 is 0 Å². The first-order valence-electron chi connectivity index (χ1n) is 12.7. The van der Waals surface area contributed by atoms with Gasteiger partial charge in [0.1, 0.15) is 5.82 Å². The van der Waals surface area contributed by atoms with Crippen molar-refractivity contribution in [3.63, 3.8) is 0 Å². The van der Waals surface area contributed by atoms with Gasteiger partial charge in [0, 0.05) is 40.8 Å². The number of anilines is 2. The van der Waals surface area contributed by atoms with Gasteiger partial charge in [0.25, 0.3) is 5.91 Å². The van der Waals surface area contributed by atoms with Gasteiger partial charge in [0.15, 0.2) is 0 Å². The number of rotatable bonds is 5. The molecular formula is C30H31ClFN3OS. The lowest BCUT2D eigenvalue weighted by Gasteiger charge is -2.27. The molecule has 192 valence electrons. The average Bonchev–Trinajstić information content (AvgIpc) is 2.94. The van der Waals surface area contributed by atoms with E-state index in [2.05, 4.69) is 28.5 Å². The van der Waals surface area contributed by atoms with Crippen LogP contribution < -0.4 is 9.62 Å². The molecule has 0 radical (unpaired) electrons. The van der Waals surface area contributed by atoms with E-state index in [0.29, 0.717) is 16.3 Å². The number of benzene rings is 3. The van der Waals surface area contributed by atoms with Gasteiger partial charge in [-0.05, 0) is 72.6 Å². The summed E-state index contributed by atoms with van der Waals surface area (Å²) in [6, 6.07) is 19.8. The number of halogens is 2. The molecular weight excluding hydrogens is 505 g/mol. The van der Waals surface area contributed by atoms with Crippen LogP contribution in [-0.4, -0.2) is 23.2 Å². The first-order chi connectivity index (χ1) is 18.0. The first kappa shape index (κ1) is 27.0. The second-order valence-corrected chi connectivity index (χ2v) is 10.4. The smallest absolute Gasteiger partial charge is 0.258 e. The third kappa shape index (κ3) is 6.62. The number of nitrogens with one attached hydrogen (secondary N) is 1. The van der Waals surface area contributed by atoms with E-state index in [1.54, 1.807) is 42.4 Å². The number of fused-ring (bicyclic) bond motifs is 1. The van der Waals surface area contributed by atoms with Crippen LogP contribution in [0.15, 0.2) is 72.9 Å². The molecule has 3 aromatic carbocycles. The monoisotopic (exact) mass is 535 g/mol. The van der Waals surface area contributed by atoms with Gasteiger partial charge in [-0.3, -0.25) is 9.78 Å². The van der Waals surface area contributed by atoms with Gasteiger partial charge < -0.3 is 9.62 Å². The van der Waals surface area contributed by atoms with Crippen molar-refractivity contribution in [2.45, 2.75) is 39.5 Å². The van der Waals surface area contributed by atoms with E-state index < -0.39 is 11.7 Å². The molecule has 0 saturated carbocycles. The normalized spacial score (nSPS) is 13.1. The quantitative estimate of drug-likeness (QED) is 0.259. The van der Waals surface area contributed by atoms with Crippen LogP contribution in [0.5, 0.6) is 0 Å². The standard InChI is InChI=1S/C26H21ClFN3OS.C4H10/c27-23-10-7-18(15-22(23)25-20-6-2-1-5-17(20)11-12-29-25)30-26(32)21-9-8-19(16-24(21)28)31-13-3-4-14-33-31;1-3-4-2/h1-2,5-12,15-16H,3-4,13-14H2,(H,30,32);3-4H2,1-2H3. The van der Waals surface area contributed by atoms with Crippen LogP contribution >= 0.6 is 23.5 Å². The Balaban J connectivity index is 0.000000747. The molecule has 2 heterocycles. The Kier molecular flexibility index (Phi) is 9.42. The Morgan fingerprint density at radius 1 is 1.05 bits per heavy atom. The number of hydrogen-bond acceptors (Lipinski definition) is 4. The summed E-state index contributed by atoms with van der Waals surface area (Å²) in [4.78, 5) is 17.4. The first-order valence-corrected chi connectivity index (χ1v) is 14.0. The molecule has 5 rings (SSSR count). The zero-order chi connectivity index (χ0) is 26.2. The lowest BCUT2D eigenvalue weighted by molar-refractivity contribution is 0.102. The van der Waals surface area contributed by atoms with Gasteiger partial charge in [-0.1, -0.05) is 62.6 Å². The van der Waals surface area contributed by atoms with Crippen molar-refractivity contribution in [2.24, 2.45) is 0 Å². The molecule has 4 aromatic rings. The Morgan fingerprint density at radius 3 is 2.59 bits per heavy atom. The second kappa shape index (κ2) is 12.9. The van der Waals surface area contributed by atoms with Crippen LogP contribution in [0.4, 0.5) is 15.8 Å². The van der Waals surface area contributed by atoms with Crippen LogP contribution in [-0.2, 0) is 0 Å². The van der Waals surface area contributed by atoms with E-state index in [1.165, 1.54) is 31.4 Å². The number of amides is 1. The largest absolute Gasteiger partial charge is 0.322 e. The molecule has 4 nitrogen and oxygen atoms in total. The van der Waals surface area contributed by atoms with Gasteiger partial charge in [-0.2, -0.15) is 0 Å². The van der Waals surface area contributed by atoms with Crippen molar-refractivity contribution >= 4 is 51.6 Å². The molecule has 0 atom stereocenters. The lowest BCUT2D eigenvalue weighted by atomic mass is 10.0. The van der Waals surface area contributed by atoms with Crippen molar-refractivity contribution in [3.05, 3.63) is 89.3 Å². The Labute approximate surface area is 227 Å². The van der Waals surface area contributed by atoms with E-state index in [4.69, 9.17) is 11.6 Å². The van der Waals surface area contributed by atoms with Gasteiger partial charge in [-0.25, -0.2) is 4.39 Å². The zero-order valence-corrected chi connectivity index (χ0v) is 22.7. The number of carbonyl (C=O) groups excluding carboxylic acids is 1. The third-order valence-electron chi connectivity index (χ3n) is 6.14. The van der Waals surface area contributed by atoms with Crippen LogP contribution in [0, 0.1) is 5.82 Å². The molecule has 0 spiro atoms. The predicted molar refractivity (Wildman–Crippen MR) is 156 cm³/mol. The highest BCUT2D eigenvalue weighted by Gasteiger charge is 2.18. The molecule has 1 N–H and O–H groups in total. The molecule has 1 amide bonds. The number of aromatic nitrogens is 1. The van der Waals surface area contributed by atoms with Gasteiger partial charge in [0.05, 0.1) is 16.3 Å². The van der Waals surface area contributed by atoms with Crippen molar-refractivity contribution in [2.75, 3.05) is 21.9 Å². The summed E-state index contributed by atoms with van der Waals surface area (Å²) in [7, 11) is 0. The molecule has 1 fully saturated rings. The van der Waals surface area contributed by atoms with E-state index >= 15 is 0 Å². The average molecular weight is 536 g/mol. The molecule has 7 heteroatoms. The number of pyridine rings is 1. The Morgan fingerprint density at radius 2 is 1.86 bits per heavy atom. The number of nitrogens with zero attached hydrogens (tertiary/aromatic N) is 2. The summed E-state index contributed by atoms with van der Waals surface area (Å²) < 4.78 is 16.9. The minimum Gasteiger partial charge on any atom is -0.322 e. The minimum atomic E-state index is -0.541. The maximum absolute atomic E-state index is 14.8. The van der Waals surface area contributed by atoms with Gasteiger partial charge in [-0.15, -0.1) is 0 Å². The second-order valence-electron chi connectivity index (χ2n) is 8.84. The third-order valence-corrected chi connectivity index (χ3v) is 7.65.